The van der Waals surface area contributed by atoms with Gasteiger partial charge in [-0.3, -0.25) is 0 Å². The van der Waals surface area contributed by atoms with Crippen LogP contribution in [0, 0.1) is 0 Å². The third-order valence-electron chi connectivity index (χ3n) is 6.43. The molecule has 0 atom stereocenters. The van der Waals surface area contributed by atoms with E-state index in [1.54, 1.807) is 0 Å². The fraction of sp³-hybridized carbons (Fsp3) is 0.560. The first-order valence-corrected chi connectivity index (χ1v) is 11.6. The number of amides is 1. The predicted molar refractivity (Wildman–Crippen MR) is 129 cm³/mol. The lowest BCUT2D eigenvalue weighted by atomic mass is 9.71. The van der Waals surface area contributed by atoms with Gasteiger partial charge in [-0.1, -0.05) is 13.8 Å². The Kier molecular flexibility index (Phi) is 5.88. The van der Waals surface area contributed by atoms with Crippen molar-refractivity contribution in [2.75, 3.05) is 11.5 Å². The van der Waals surface area contributed by atoms with Gasteiger partial charge in [0.05, 0.1) is 17.5 Å². The summed E-state index contributed by atoms with van der Waals surface area (Å²) < 4.78 is 11.7. The van der Waals surface area contributed by atoms with Crippen molar-refractivity contribution in [2.24, 2.45) is 0 Å². The minimum Gasteiger partial charge on any atom is -0.488 e. The number of alkyl carbamates (subject to hydrolysis) is 1. The lowest BCUT2D eigenvalue weighted by molar-refractivity contribution is 0.0471. The van der Waals surface area contributed by atoms with Crippen molar-refractivity contribution in [3.8, 4) is 17.0 Å². The maximum atomic E-state index is 12.0. The molecule has 0 spiro atoms. The van der Waals surface area contributed by atoms with E-state index in [1.807, 2.05) is 32.9 Å². The van der Waals surface area contributed by atoms with Crippen molar-refractivity contribution < 1.29 is 14.3 Å². The number of carbonyl (C=O) groups is 1. The average Bonchev–Trinajstić information content (AvgIpc) is 2.70. The molecule has 8 nitrogen and oxygen atoms in total. The van der Waals surface area contributed by atoms with Gasteiger partial charge in [0, 0.05) is 17.2 Å². The van der Waals surface area contributed by atoms with Crippen molar-refractivity contribution in [1.29, 1.82) is 0 Å². The number of nitrogen functional groups attached to an aromatic ring is 2. The number of benzene rings is 1. The summed E-state index contributed by atoms with van der Waals surface area (Å²) >= 11 is 0. The second-order valence-electron chi connectivity index (χ2n) is 10.8. The molecule has 5 N–H and O–H groups in total. The second kappa shape index (κ2) is 8.39. The van der Waals surface area contributed by atoms with Crippen LogP contribution in [-0.2, 0) is 16.6 Å². The summed E-state index contributed by atoms with van der Waals surface area (Å²) in [4.78, 5) is 20.8. The van der Waals surface area contributed by atoms with E-state index in [9.17, 15) is 4.79 Å². The molecule has 1 aromatic carbocycles. The standard InChI is InChI=1S/C25H35N5O3/c1-24(2,3)33-23(31)30-14-6-8-15(9-7-14)32-18-11-10-16-17(20(18)26)12-25(4,5)19-21(16)28-13-29-22(19)27/h10-11,13-15H,6-9,12,26H2,1-5H3,(H,30,31)(H2,27,28,29)/t14-,15+. The molecule has 4 rings (SSSR count). The van der Waals surface area contributed by atoms with Gasteiger partial charge in [-0.2, -0.15) is 0 Å². The van der Waals surface area contributed by atoms with Crippen LogP contribution in [0.2, 0.25) is 0 Å². The van der Waals surface area contributed by atoms with E-state index in [4.69, 9.17) is 20.9 Å². The topological polar surface area (TPSA) is 125 Å². The molecule has 2 aliphatic carbocycles. The quantitative estimate of drug-likeness (QED) is 0.590. The van der Waals surface area contributed by atoms with Gasteiger partial charge in [0.25, 0.3) is 0 Å². The van der Waals surface area contributed by atoms with Crippen molar-refractivity contribution in [3.63, 3.8) is 0 Å². The Morgan fingerprint density at radius 2 is 1.82 bits per heavy atom. The number of rotatable bonds is 3. The van der Waals surface area contributed by atoms with Gasteiger partial charge in [0.15, 0.2) is 0 Å². The number of aromatic nitrogens is 2. The molecular formula is C25H35N5O3. The zero-order valence-corrected chi connectivity index (χ0v) is 20.2. The van der Waals surface area contributed by atoms with Crippen LogP contribution in [0.3, 0.4) is 0 Å². The van der Waals surface area contributed by atoms with E-state index in [0.717, 1.165) is 54.5 Å². The largest absolute Gasteiger partial charge is 0.488 e. The van der Waals surface area contributed by atoms with Gasteiger partial charge in [-0.25, -0.2) is 14.8 Å². The molecule has 0 radical (unpaired) electrons. The van der Waals surface area contributed by atoms with Crippen molar-refractivity contribution in [2.45, 2.75) is 89.9 Å². The van der Waals surface area contributed by atoms with Crippen LogP contribution in [0.25, 0.3) is 11.3 Å². The minimum atomic E-state index is -0.499. The van der Waals surface area contributed by atoms with Gasteiger partial charge >= 0.3 is 6.09 Å². The maximum absolute atomic E-state index is 12.0. The van der Waals surface area contributed by atoms with E-state index < -0.39 is 5.60 Å². The summed E-state index contributed by atoms with van der Waals surface area (Å²) in [5, 5.41) is 2.97. The van der Waals surface area contributed by atoms with E-state index in [-0.39, 0.29) is 23.7 Å². The van der Waals surface area contributed by atoms with Gasteiger partial charge < -0.3 is 26.3 Å². The molecule has 8 heteroatoms. The lowest BCUT2D eigenvalue weighted by Crippen LogP contribution is -2.42. The van der Waals surface area contributed by atoms with Crippen LogP contribution >= 0.6 is 0 Å². The average molecular weight is 454 g/mol. The van der Waals surface area contributed by atoms with Crippen LogP contribution in [0.1, 0.15) is 71.4 Å². The predicted octanol–water partition coefficient (Wildman–Crippen LogP) is 4.36. The monoisotopic (exact) mass is 453 g/mol. The number of nitrogens with one attached hydrogen (secondary N) is 1. The number of fused-ring (bicyclic) bond motifs is 3. The zero-order chi connectivity index (χ0) is 24.0. The normalized spacial score (nSPS) is 21.5. The summed E-state index contributed by atoms with van der Waals surface area (Å²) in [7, 11) is 0. The van der Waals surface area contributed by atoms with E-state index in [0.29, 0.717) is 17.3 Å². The molecule has 0 unspecified atom stereocenters. The molecule has 0 bridgehead atoms. The van der Waals surface area contributed by atoms with Crippen molar-refractivity contribution in [3.05, 3.63) is 29.6 Å². The number of hydrogen-bond donors (Lipinski definition) is 3. The van der Waals surface area contributed by atoms with Crippen molar-refractivity contribution in [1.82, 2.24) is 15.3 Å². The summed E-state index contributed by atoms with van der Waals surface area (Å²) in [5.41, 5.74) is 16.6. The number of nitrogens with two attached hydrogens (primary N) is 2. The highest BCUT2D eigenvalue weighted by atomic mass is 16.6. The summed E-state index contributed by atoms with van der Waals surface area (Å²) in [6.07, 6.45) is 5.30. The summed E-state index contributed by atoms with van der Waals surface area (Å²) in [5.74, 6) is 1.23. The van der Waals surface area contributed by atoms with Crippen LogP contribution in [0.15, 0.2) is 18.5 Å². The molecule has 2 aromatic rings. The molecule has 1 heterocycles. The fourth-order valence-electron chi connectivity index (χ4n) is 4.94. The maximum Gasteiger partial charge on any atom is 0.407 e. The van der Waals surface area contributed by atoms with Gasteiger partial charge in [0.1, 0.15) is 23.5 Å². The molecule has 1 aromatic heterocycles. The van der Waals surface area contributed by atoms with Crippen LogP contribution < -0.4 is 21.5 Å². The molecule has 1 saturated carbocycles. The Balaban J connectivity index is 1.45. The minimum absolute atomic E-state index is 0.0592. The van der Waals surface area contributed by atoms with Crippen LogP contribution in [0.4, 0.5) is 16.3 Å². The lowest BCUT2D eigenvalue weighted by Gasteiger charge is -2.35. The fourth-order valence-corrected chi connectivity index (χ4v) is 4.94. The third-order valence-corrected chi connectivity index (χ3v) is 6.43. The van der Waals surface area contributed by atoms with E-state index in [1.165, 1.54) is 6.33 Å². The number of anilines is 2. The molecule has 0 aliphatic heterocycles. The third kappa shape index (κ3) is 4.84. The molecular weight excluding hydrogens is 418 g/mol. The highest BCUT2D eigenvalue weighted by Crippen LogP contribution is 2.47. The number of carbonyl (C=O) groups excluding carboxylic acids is 1. The van der Waals surface area contributed by atoms with Gasteiger partial charge in [0.2, 0.25) is 0 Å². The van der Waals surface area contributed by atoms with Gasteiger partial charge in [-0.05, 0) is 76.0 Å². The first kappa shape index (κ1) is 23.1. The summed E-state index contributed by atoms with van der Waals surface area (Å²) in [6.45, 7) is 9.87. The Morgan fingerprint density at radius 1 is 1.12 bits per heavy atom. The molecule has 1 fully saturated rings. The number of ether oxygens (including phenoxy) is 2. The molecule has 2 aliphatic rings. The Labute approximate surface area is 195 Å². The highest BCUT2D eigenvalue weighted by molar-refractivity contribution is 5.81. The second-order valence-corrected chi connectivity index (χ2v) is 10.8. The number of hydrogen-bond acceptors (Lipinski definition) is 7. The van der Waals surface area contributed by atoms with Crippen LogP contribution in [-0.4, -0.2) is 33.8 Å². The SMILES string of the molecule is CC(C)(C)OC(=O)N[C@H]1CC[C@@H](Oc2ccc3c(c2N)CC(C)(C)c2c(N)ncnc2-3)CC1. The molecule has 178 valence electrons. The van der Waals surface area contributed by atoms with Crippen molar-refractivity contribution >= 4 is 17.6 Å². The molecule has 1 amide bonds. The molecule has 33 heavy (non-hydrogen) atoms. The van der Waals surface area contributed by atoms with E-state index >= 15 is 0 Å². The first-order valence-electron chi connectivity index (χ1n) is 11.6. The van der Waals surface area contributed by atoms with Crippen LogP contribution in [0.5, 0.6) is 5.75 Å². The number of nitrogens with zero attached hydrogens (tertiary/aromatic N) is 2. The Hall–Kier alpha value is -3.03. The first-order chi connectivity index (χ1) is 15.4. The van der Waals surface area contributed by atoms with E-state index in [2.05, 4.69) is 29.1 Å². The molecule has 0 saturated heterocycles. The summed E-state index contributed by atoms with van der Waals surface area (Å²) in [6, 6.07) is 4.06. The zero-order valence-electron chi connectivity index (χ0n) is 20.2. The smallest absolute Gasteiger partial charge is 0.407 e. The highest BCUT2D eigenvalue weighted by Gasteiger charge is 2.36. The van der Waals surface area contributed by atoms with Gasteiger partial charge in [-0.15, -0.1) is 0 Å². The Bertz CT molecular complexity index is 1050. The Morgan fingerprint density at radius 3 is 2.48 bits per heavy atom.